The van der Waals surface area contributed by atoms with E-state index in [4.69, 9.17) is 16.3 Å². The fraction of sp³-hybridized carbons (Fsp3) is 0.625. The Morgan fingerprint density at radius 3 is 2.63 bits per heavy atom. The zero-order valence-corrected chi connectivity index (χ0v) is 13.8. The quantitative estimate of drug-likeness (QED) is 0.476. The van der Waals surface area contributed by atoms with Crippen molar-refractivity contribution < 1.29 is 4.74 Å². The number of alkyl halides is 1. The largest absolute Gasteiger partial charge is 0.370 e. The molecule has 0 spiro atoms. The van der Waals surface area contributed by atoms with E-state index in [0.717, 1.165) is 17.9 Å². The van der Waals surface area contributed by atoms with Crippen molar-refractivity contribution in [3.63, 3.8) is 0 Å². The maximum absolute atomic E-state index is 6.26. The van der Waals surface area contributed by atoms with Gasteiger partial charge in [0, 0.05) is 9.85 Å². The standard InChI is InChI=1S/C16H22BrClO/c1-2-3-4-5-15-10-13(17)11-16(19-15)12-6-8-14(18)9-7-12/h6-9,13,15-16H,2-5,10-11H2,1H3/t13-,15+,16+/m1/s1. The molecule has 0 amide bonds. The molecule has 1 fully saturated rings. The summed E-state index contributed by atoms with van der Waals surface area (Å²) in [4.78, 5) is 0.563. The van der Waals surface area contributed by atoms with Crippen LogP contribution in [0.5, 0.6) is 0 Å². The number of halogens is 2. The van der Waals surface area contributed by atoms with Crippen LogP contribution in [0.15, 0.2) is 24.3 Å². The number of hydrogen-bond acceptors (Lipinski definition) is 1. The number of ether oxygens (including phenoxy) is 1. The minimum absolute atomic E-state index is 0.210. The highest BCUT2D eigenvalue weighted by molar-refractivity contribution is 9.09. The van der Waals surface area contributed by atoms with Crippen LogP contribution in [-0.4, -0.2) is 10.9 Å². The van der Waals surface area contributed by atoms with Crippen LogP contribution in [0.25, 0.3) is 0 Å². The molecule has 106 valence electrons. The number of benzene rings is 1. The van der Waals surface area contributed by atoms with Gasteiger partial charge in [-0.1, -0.05) is 65.8 Å². The molecule has 1 saturated heterocycles. The zero-order valence-electron chi connectivity index (χ0n) is 11.4. The predicted molar refractivity (Wildman–Crippen MR) is 85.2 cm³/mol. The Bertz CT molecular complexity index is 379. The molecule has 0 aliphatic carbocycles. The Hall–Kier alpha value is -0.0500. The molecule has 3 heteroatoms. The lowest BCUT2D eigenvalue weighted by atomic mass is 9.96. The highest BCUT2D eigenvalue weighted by Gasteiger charge is 2.28. The van der Waals surface area contributed by atoms with Gasteiger partial charge in [0.25, 0.3) is 0 Å². The molecule has 0 radical (unpaired) electrons. The first-order valence-electron chi connectivity index (χ1n) is 7.24. The smallest absolute Gasteiger partial charge is 0.0839 e. The van der Waals surface area contributed by atoms with Gasteiger partial charge in [0.2, 0.25) is 0 Å². The van der Waals surface area contributed by atoms with E-state index in [1.54, 1.807) is 0 Å². The van der Waals surface area contributed by atoms with Crippen LogP contribution in [-0.2, 0) is 4.74 Å². The van der Waals surface area contributed by atoms with Crippen LogP contribution in [0.4, 0.5) is 0 Å². The van der Waals surface area contributed by atoms with Crippen molar-refractivity contribution in [1.29, 1.82) is 0 Å². The molecule has 0 aromatic heterocycles. The lowest BCUT2D eigenvalue weighted by Gasteiger charge is -2.33. The molecule has 3 atom stereocenters. The van der Waals surface area contributed by atoms with Crippen molar-refractivity contribution in [1.82, 2.24) is 0 Å². The maximum Gasteiger partial charge on any atom is 0.0839 e. The van der Waals surface area contributed by atoms with Gasteiger partial charge in [-0.3, -0.25) is 0 Å². The van der Waals surface area contributed by atoms with Gasteiger partial charge < -0.3 is 4.74 Å². The van der Waals surface area contributed by atoms with Gasteiger partial charge >= 0.3 is 0 Å². The maximum atomic E-state index is 6.26. The Morgan fingerprint density at radius 1 is 1.21 bits per heavy atom. The summed E-state index contributed by atoms with van der Waals surface area (Å²) in [5.74, 6) is 0. The van der Waals surface area contributed by atoms with Crippen molar-refractivity contribution >= 4 is 27.5 Å². The van der Waals surface area contributed by atoms with E-state index in [1.807, 2.05) is 12.1 Å². The molecule has 0 bridgehead atoms. The normalized spacial score (nSPS) is 27.4. The summed E-state index contributed by atoms with van der Waals surface area (Å²) in [7, 11) is 0. The van der Waals surface area contributed by atoms with Crippen molar-refractivity contribution in [3.8, 4) is 0 Å². The third kappa shape index (κ3) is 4.77. The topological polar surface area (TPSA) is 9.23 Å². The number of rotatable bonds is 5. The molecule has 19 heavy (non-hydrogen) atoms. The van der Waals surface area contributed by atoms with Gasteiger partial charge in [0.15, 0.2) is 0 Å². The van der Waals surface area contributed by atoms with Gasteiger partial charge in [-0.25, -0.2) is 0 Å². The summed E-state index contributed by atoms with van der Waals surface area (Å²) in [6.45, 7) is 2.24. The van der Waals surface area contributed by atoms with Gasteiger partial charge in [-0.2, -0.15) is 0 Å². The fourth-order valence-electron chi connectivity index (χ4n) is 2.66. The lowest BCUT2D eigenvalue weighted by Crippen LogP contribution is -2.28. The van der Waals surface area contributed by atoms with Crippen molar-refractivity contribution in [2.75, 3.05) is 0 Å². The number of unbranched alkanes of at least 4 members (excludes halogenated alkanes) is 2. The van der Waals surface area contributed by atoms with Gasteiger partial charge in [-0.15, -0.1) is 0 Å². The first-order chi connectivity index (χ1) is 9.19. The SMILES string of the molecule is CCCCC[C@H]1C[C@@H](Br)C[C@@H](c2ccc(Cl)cc2)O1. The van der Waals surface area contributed by atoms with E-state index >= 15 is 0 Å². The van der Waals surface area contributed by atoms with Gasteiger partial charge in [0.1, 0.15) is 0 Å². The van der Waals surface area contributed by atoms with Crippen LogP contribution in [0.3, 0.4) is 0 Å². The first kappa shape index (κ1) is 15.3. The van der Waals surface area contributed by atoms with E-state index < -0.39 is 0 Å². The minimum atomic E-state index is 0.210. The summed E-state index contributed by atoms with van der Waals surface area (Å²) in [6.07, 6.45) is 7.81. The summed E-state index contributed by atoms with van der Waals surface area (Å²) in [5.41, 5.74) is 1.24. The van der Waals surface area contributed by atoms with Crippen LogP contribution >= 0.6 is 27.5 Å². The van der Waals surface area contributed by atoms with Crippen LogP contribution in [0.2, 0.25) is 5.02 Å². The average molecular weight is 346 g/mol. The molecule has 0 unspecified atom stereocenters. The highest BCUT2D eigenvalue weighted by atomic mass is 79.9. The molecule has 1 aromatic rings. The van der Waals surface area contributed by atoms with Crippen molar-refractivity contribution in [2.45, 2.75) is 62.5 Å². The number of hydrogen-bond donors (Lipinski definition) is 0. The van der Waals surface area contributed by atoms with Crippen molar-refractivity contribution in [3.05, 3.63) is 34.9 Å². The summed E-state index contributed by atoms with van der Waals surface area (Å²) in [6, 6.07) is 8.07. The molecule has 0 N–H and O–H groups in total. The molecular formula is C16H22BrClO. The second-order valence-corrected chi connectivity index (χ2v) is 7.09. The van der Waals surface area contributed by atoms with Gasteiger partial charge in [0.05, 0.1) is 12.2 Å². The molecule has 1 heterocycles. The monoisotopic (exact) mass is 344 g/mol. The van der Waals surface area contributed by atoms with Crippen molar-refractivity contribution in [2.24, 2.45) is 0 Å². The highest BCUT2D eigenvalue weighted by Crippen LogP contribution is 2.36. The molecule has 2 rings (SSSR count). The summed E-state index contributed by atoms with van der Waals surface area (Å²) in [5, 5.41) is 0.787. The summed E-state index contributed by atoms with van der Waals surface area (Å²) >= 11 is 9.73. The third-order valence-electron chi connectivity index (χ3n) is 3.72. The lowest BCUT2D eigenvalue weighted by molar-refractivity contribution is -0.0523. The van der Waals surface area contributed by atoms with Gasteiger partial charge in [-0.05, 0) is 37.0 Å². The molecule has 1 aliphatic rings. The summed E-state index contributed by atoms with van der Waals surface area (Å²) < 4.78 is 6.26. The molecular weight excluding hydrogens is 324 g/mol. The van der Waals surface area contributed by atoms with E-state index in [-0.39, 0.29) is 6.10 Å². The zero-order chi connectivity index (χ0) is 13.7. The fourth-order valence-corrected chi connectivity index (χ4v) is 3.54. The minimum Gasteiger partial charge on any atom is -0.370 e. The Kier molecular flexibility index (Phi) is 6.18. The second-order valence-electron chi connectivity index (χ2n) is 5.36. The Balaban J connectivity index is 1.95. The average Bonchev–Trinajstić information content (AvgIpc) is 2.39. The molecule has 1 aromatic carbocycles. The second kappa shape index (κ2) is 7.66. The first-order valence-corrected chi connectivity index (χ1v) is 8.53. The van der Waals surface area contributed by atoms with E-state index in [0.29, 0.717) is 10.9 Å². The Labute approximate surface area is 129 Å². The predicted octanol–water partition coefficient (Wildman–Crippen LogP) is 5.90. The third-order valence-corrected chi connectivity index (χ3v) is 4.72. The van der Waals surface area contributed by atoms with E-state index in [9.17, 15) is 0 Å². The van der Waals surface area contributed by atoms with E-state index in [1.165, 1.54) is 31.2 Å². The van der Waals surface area contributed by atoms with Crippen LogP contribution in [0.1, 0.15) is 57.1 Å². The van der Waals surface area contributed by atoms with Crippen LogP contribution in [0, 0.1) is 0 Å². The molecule has 0 saturated carbocycles. The van der Waals surface area contributed by atoms with Crippen LogP contribution < -0.4 is 0 Å². The molecule has 1 aliphatic heterocycles. The van der Waals surface area contributed by atoms with E-state index in [2.05, 4.69) is 35.0 Å². The molecule has 1 nitrogen and oxygen atoms in total. The Morgan fingerprint density at radius 2 is 1.95 bits per heavy atom.